The molecule has 158 valence electrons. The molecule has 0 radical (unpaired) electrons. The quantitative estimate of drug-likeness (QED) is 0.352. The Morgan fingerprint density at radius 2 is 1.94 bits per heavy atom. The van der Waals surface area contributed by atoms with E-state index in [0.717, 1.165) is 22.2 Å². The Morgan fingerprint density at radius 3 is 2.84 bits per heavy atom. The minimum Gasteiger partial charge on any atom is -0.475 e. The maximum Gasteiger partial charge on any atom is 0.215 e. The summed E-state index contributed by atoms with van der Waals surface area (Å²) in [4.78, 5) is 17.3. The van der Waals surface area contributed by atoms with Gasteiger partial charge in [-0.1, -0.05) is 12.1 Å². The summed E-state index contributed by atoms with van der Waals surface area (Å²) < 4.78 is 10.5. The summed E-state index contributed by atoms with van der Waals surface area (Å²) in [6.07, 6.45) is 5.02. The van der Waals surface area contributed by atoms with Crippen molar-refractivity contribution >= 4 is 34.0 Å². The zero-order valence-corrected chi connectivity index (χ0v) is 17.1. The molecule has 0 atom stereocenters. The van der Waals surface area contributed by atoms with Gasteiger partial charge in [0.1, 0.15) is 6.61 Å². The van der Waals surface area contributed by atoms with Crippen molar-refractivity contribution in [2.45, 2.75) is 6.54 Å². The monoisotopic (exact) mass is 417 g/mol. The largest absolute Gasteiger partial charge is 0.475 e. The number of methoxy groups -OCH3 is 1. The second-order valence-corrected chi connectivity index (χ2v) is 6.72. The van der Waals surface area contributed by atoms with Crippen LogP contribution in [0.3, 0.4) is 0 Å². The topological polar surface area (TPSA) is 120 Å². The number of hydrogen-bond acceptors (Lipinski definition) is 9. The first-order valence-corrected chi connectivity index (χ1v) is 9.76. The first-order valence-electron chi connectivity index (χ1n) is 9.76. The number of anilines is 4. The van der Waals surface area contributed by atoms with Gasteiger partial charge in [-0.05, 0) is 29.8 Å². The number of nitrogen functional groups attached to an aromatic ring is 1. The number of hydrogen-bond donors (Lipinski definition) is 3. The van der Waals surface area contributed by atoms with Crippen LogP contribution in [0.2, 0.25) is 0 Å². The molecular formula is C22H23N7O2. The van der Waals surface area contributed by atoms with Gasteiger partial charge in [-0.25, -0.2) is 15.0 Å². The van der Waals surface area contributed by atoms with Gasteiger partial charge in [0, 0.05) is 43.2 Å². The van der Waals surface area contributed by atoms with E-state index in [4.69, 9.17) is 15.2 Å². The zero-order valence-electron chi connectivity index (χ0n) is 17.1. The number of rotatable bonds is 9. The molecule has 0 aliphatic carbocycles. The van der Waals surface area contributed by atoms with Crippen molar-refractivity contribution in [1.82, 2.24) is 19.9 Å². The van der Waals surface area contributed by atoms with E-state index >= 15 is 0 Å². The minimum atomic E-state index is 0.325. The van der Waals surface area contributed by atoms with Crippen molar-refractivity contribution in [3.05, 3.63) is 66.6 Å². The van der Waals surface area contributed by atoms with Crippen molar-refractivity contribution in [3.63, 3.8) is 0 Å². The van der Waals surface area contributed by atoms with Crippen molar-refractivity contribution in [2.75, 3.05) is 36.7 Å². The van der Waals surface area contributed by atoms with Gasteiger partial charge in [-0.2, -0.15) is 0 Å². The maximum absolute atomic E-state index is 6.01. The lowest BCUT2D eigenvalue weighted by molar-refractivity contribution is 0.144. The molecule has 9 nitrogen and oxygen atoms in total. The van der Waals surface area contributed by atoms with Crippen LogP contribution < -0.4 is 21.1 Å². The van der Waals surface area contributed by atoms with Crippen molar-refractivity contribution in [2.24, 2.45) is 0 Å². The van der Waals surface area contributed by atoms with Crippen LogP contribution >= 0.6 is 0 Å². The van der Waals surface area contributed by atoms with Gasteiger partial charge in [0.2, 0.25) is 5.88 Å². The number of pyridine rings is 2. The molecule has 0 amide bonds. The van der Waals surface area contributed by atoms with Crippen LogP contribution in [0, 0.1) is 0 Å². The molecule has 0 aliphatic rings. The van der Waals surface area contributed by atoms with E-state index in [1.807, 2.05) is 30.3 Å². The van der Waals surface area contributed by atoms with Gasteiger partial charge in [0.05, 0.1) is 18.3 Å². The molecule has 4 rings (SSSR count). The fraction of sp³-hybridized carbons (Fsp3) is 0.182. The molecule has 3 heterocycles. The minimum absolute atomic E-state index is 0.325. The number of fused-ring (bicyclic) bond motifs is 1. The lowest BCUT2D eigenvalue weighted by Crippen LogP contribution is -2.08. The van der Waals surface area contributed by atoms with Crippen LogP contribution in [0.25, 0.3) is 10.9 Å². The molecule has 0 saturated heterocycles. The average molecular weight is 417 g/mol. The first kappa shape index (κ1) is 20.3. The first-order chi connectivity index (χ1) is 15.2. The Labute approximate surface area is 179 Å². The second kappa shape index (κ2) is 9.68. The third kappa shape index (κ3) is 5.34. The Bertz CT molecular complexity index is 1170. The second-order valence-electron chi connectivity index (χ2n) is 6.72. The Hall–Kier alpha value is -3.98. The van der Waals surface area contributed by atoms with Crippen LogP contribution in [-0.4, -0.2) is 40.3 Å². The SMILES string of the molecule is COCCOc1cc(Nc2cnc(N)c(NCc3ccc4ncccc4c3)n2)ccn1. The number of ether oxygens (including phenoxy) is 2. The van der Waals surface area contributed by atoms with Crippen LogP contribution in [-0.2, 0) is 11.3 Å². The van der Waals surface area contributed by atoms with Crippen molar-refractivity contribution < 1.29 is 9.47 Å². The van der Waals surface area contributed by atoms with E-state index in [0.29, 0.717) is 43.1 Å². The van der Waals surface area contributed by atoms with Crippen molar-refractivity contribution in [3.8, 4) is 5.88 Å². The van der Waals surface area contributed by atoms with E-state index in [1.165, 1.54) is 0 Å². The highest BCUT2D eigenvalue weighted by Crippen LogP contribution is 2.22. The smallest absolute Gasteiger partial charge is 0.215 e. The molecule has 3 aromatic heterocycles. The van der Waals surface area contributed by atoms with Crippen LogP contribution in [0.1, 0.15) is 5.56 Å². The molecule has 0 aliphatic heterocycles. The summed E-state index contributed by atoms with van der Waals surface area (Å²) >= 11 is 0. The molecule has 0 bridgehead atoms. The summed E-state index contributed by atoms with van der Waals surface area (Å²) in [5.41, 5.74) is 8.83. The van der Waals surface area contributed by atoms with Gasteiger partial charge in [0.15, 0.2) is 17.5 Å². The van der Waals surface area contributed by atoms with Gasteiger partial charge in [-0.3, -0.25) is 4.98 Å². The predicted molar refractivity (Wildman–Crippen MR) is 120 cm³/mol. The molecule has 0 saturated carbocycles. The Kier molecular flexibility index (Phi) is 6.34. The number of aromatic nitrogens is 4. The van der Waals surface area contributed by atoms with E-state index in [9.17, 15) is 0 Å². The van der Waals surface area contributed by atoms with Crippen LogP contribution in [0.4, 0.5) is 23.1 Å². The molecule has 4 aromatic rings. The highest BCUT2D eigenvalue weighted by molar-refractivity contribution is 5.79. The normalized spacial score (nSPS) is 10.7. The van der Waals surface area contributed by atoms with Gasteiger partial charge < -0.3 is 25.8 Å². The van der Waals surface area contributed by atoms with Crippen LogP contribution in [0.5, 0.6) is 5.88 Å². The van der Waals surface area contributed by atoms with Crippen molar-refractivity contribution in [1.29, 1.82) is 0 Å². The van der Waals surface area contributed by atoms with E-state index in [-0.39, 0.29) is 0 Å². The molecule has 0 fully saturated rings. The highest BCUT2D eigenvalue weighted by atomic mass is 16.5. The predicted octanol–water partition coefficient (Wildman–Crippen LogP) is 3.38. The third-order valence-corrected chi connectivity index (χ3v) is 4.47. The summed E-state index contributed by atoms with van der Waals surface area (Å²) in [5, 5.41) is 7.53. The highest BCUT2D eigenvalue weighted by Gasteiger charge is 2.07. The van der Waals surface area contributed by atoms with E-state index < -0.39 is 0 Å². The summed E-state index contributed by atoms with van der Waals surface area (Å²) in [5.74, 6) is 1.87. The molecule has 31 heavy (non-hydrogen) atoms. The third-order valence-electron chi connectivity index (χ3n) is 4.47. The Morgan fingerprint density at radius 1 is 1.00 bits per heavy atom. The molecule has 4 N–H and O–H groups in total. The number of nitrogens with two attached hydrogens (primary N) is 1. The fourth-order valence-electron chi connectivity index (χ4n) is 2.95. The summed E-state index contributed by atoms with van der Waals surface area (Å²) in [6, 6.07) is 13.7. The molecule has 9 heteroatoms. The standard InChI is InChI=1S/C22H23N7O2/c1-30-9-10-31-20-12-17(6-8-25-20)28-19-14-26-21(23)22(29-19)27-13-15-4-5-18-16(11-15)3-2-7-24-18/h2-8,11-12,14H,9-10,13H2,1H3,(H2,23,26)(H2,25,27,28,29). The zero-order chi connectivity index (χ0) is 21.5. The van der Waals surface area contributed by atoms with Gasteiger partial charge >= 0.3 is 0 Å². The van der Waals surface area contributed by atoms with E-state index in [2.05, 4.69) is 36.6 Å². The summed E-state index contributed by atoms with van der Waals surface area (Å²) in [6.45, 7) is 1.47. The van der Waals surface area contributed by atoms with E-state index in [1.54, 1.807) is 31.8 Å². The van der Waals surface area contributed by atoms with Gasteiger partial charge in [0.25, 0.3) is 0 Å². The molecular weight excluding hydrogens is 394 g/mol. The lowest BCUT2D eigenvalue weighted by atomic mass is 10.1. The number of nitrogens with one attached hydrogen (secondary N) is 2. The van der Waals surface area contributed by atoms with Gasteiger partial charge in [-0.15, -0.1) is 0 Å². The molecule has 0 spiro atoms. The maximum atomic E-state index is 6.01. The Balaban J connectivity index is 1.43. The molecule has 0 unspecified atom stereocenters. The lowest BCUT2D eigenvalue weighted by Gasteiger charge is -2.12. The summed E-state index contributed by atoms with van der Waals surface area (Å²) in [7, 11) is 1.62. The molecule has 1 aromatic carbocycles. The average Bonchev–Trinajstić information content (AvgIpc) is 2.80. The number of nitrogens with zero attached hydrogens (tertiary/aromatic N) is 4. The van der Waals surface area contributed by atoms with Crippen LogP contribution in [0.15, 0.2) is 61.1 Å². The fourth-order valence-corrected chi connectivity index (χ4v) is 2.95. The number of benzene rings is 1.